The maximum Gasteiger partial charge on any atom is 0.122 e. The summed E-state index contributed by atoms with van der Waals surface area (Å²) in [5.74, 6) is 0.942. The van der Waals surface area contributed by atoms with Crippen LogP contribution in [0.25, 0.3) is 11.1 Å². The zero-order valence-corrected chi connectivity index (χ0v) is 16.8. The van der Waals surface area contributed by atoms with E-state index in [1.54, 1.807) is 0 Å². The smallest absolute Gasteiger partial charge is 0.122 e. The number of allylic oxidation sites excluding steroid dienone is 4. The molecule has 0 heterocycles. The molecule has 0 saturated heterocycles. The monoisotopic (exact) mass is 346 g/mol. The second kappa shape index (κ2) is 8.71. The molecule has 0 amide bonds. The van der Waals surface area contributed by atoms with Gasteiger partial charge in [-0.1, -0.05) is 50.4 Å². The van der Waals surface area contributed by atoms with Gasteiger partial charge in [0.2, 0.25) is 0 Å². The number of rotatable bonds is 7. The Morgan fingerprint density at radius 1 is 0.962 bits per heavy atom. The van der Waals surface area contributed by atoms with Crippen molar-refractivity contribution in [2.45, 2.75) is 41.0 Å². The van der Waals surface area contributed by atoms with Gasteiger partial charge < -0.3 is 4.74 Å². The van der Waals surface area contributed by atoms with Crippen molar-refractivity contribution >= 4 is 11.1 Å². The SMILES string of the molecule is C=C(/C(=C/C)C(=C)c1cc(C)c(OCC)cc1C)c1ccc(CC)cc1. The van der Waals surface area contributed by atoms with Crippen LogP contribution in [0.1, 0.15) is 48.6 Å². The first kappa shape index (κ1) is 19.8. The summed E-state index contributed by atoms with van der Waals surface area (Å²) in [6.45, 7) is 19.8. The van der Waals surface area contributed by atoms with Gasteiger partial charge in [-0.15, -0.1) is 0 Å². The highest BCUT2D eigenvalue weighted by Gasteiger charge is 2.14. The first-order valence-electron chi connectivity index (χ1n) is 9.31. The number of hydrogen-bond acceptors (Lipinski definition) is 1. The van der Waals surface area contributed by atoms with E-state index >= 15 is 0 Å². The number of aryl methyl sites for hydroxylation is 3. The van der Waals surface area contributed by atoms with Crippen molar-refractivity contribution in [3.05, 3.63) is 89.0 Å². The Morgan fingerprint density at radius 2 is 1.62 bits per heavy atom. The highest BCUT2D eigenvalue weighted by atomic mass is 16.5. The minimum Gasteiger partial charge on any atom is -0.494 e. The van der Waals surface area contributed by atoms with E-state index in [2.05, 4.69) is 76.4 Å². The molecule has 0 unspecified atom stereocenters. The van der Waals surface area contributed by atoms with E-state index in [-0.39, 0.29) is 0 Å². The van der Waals surface area contributed by atoms with Crippen molar-refractivity contribution in [1.29, 1.82) is 0 Å². The van der Waals surface area contributed by atoms with Gasteiger partial charge in [-0.25, -0.2) is 0 Å². The molecule has 1 heteroatoms. The number of hydrogen-bond donors (Lipinski definition) is 0. The van der Waals surface area contributed by atoms with E-state index in [1.807, 2.05) is 13.8 Å². The van der Waals surface area contributed by atoms with Gasteiger partial charge in [0, 0.05) is 0 Å². The van der Waals surface area contributed by atoms with Gasteiger partial charge in [-0.05, 0) is 90.8 Å². The maximum absolute atomic E-state index is 5.72. The van der Waals surface area contributed by atoms with Crippen LogP contribution in [0.4, 0.5) is 0 Å². The maximum atomic E-state index is 5.72. The van der Waals surface area contributed by atoms with E-state index in [4.69, 9.17) is 4.74 Å². The van der Waals surface area contributed by atoms with Crippen LogP contribution in [0.5, 0.6) is 5.75 Å². The third-order valence-corrected chi connectivity index (χ3v) is 4.80. The highest BCUT2D eigenvalue weighted by Crippen LogP contribution is 2.35. The molecule has 0 atom stereocenters. The van der Waals surface area contributed by atoms with Crippen LogP contribution in [-0.4, -0.2) is 6.61 Å². The average molecular weight is 347 g/mol. The third kappa shape index (κ3) is 4.16. The Balaban J connectivity index is 2.36. The second-order valence-corrected chi connectivity index (χ2v) is 6.58. The van der Waals surface area contributed by atoms with Crippen molar-refractivity contribution < 1.29 is 4.74 Å². The molecule has 0 aliphatic heterocycles. The fourth-order valence-electron chi connectivity index (χ4n) is 3.20. The molecular weight excluding hydrogens is 316 g/mol. The van der Waals surface area contributed by atoms with Crippen molar-refractivity contribution in [1.82, 2.24) is 0 Å². The summed E-state index contributed by atoms with van der Waals surface area (Å²) in [4.78, 5) is 0. The summed E-state index contributed by atoms with van der Waals surface area (Å²) in [6, 6.07) is 12.9. The Kier molecular flexibility index (Phi) is 6.63. The summed E-state index contributed by atoms with van der Waals surface area (Å²) < 4.78 is 5.72. The van der Waals surface area contributed by atoms with Gasteiger partial charge in [-0.2, -0.15) is 0 Å². The lowest BCUT2D eigenvalue weighted by atomic mass is 9.87. The van der Waals surface area contributed by atoms with E-state index in [0.29, 0.717) is 6.61 Å². The molecule has 2 rings (SSSR count). The molecule has 2 aromatic carbocycles. The second-order valence-electron chi connectivity index (χ2n) is 6.58. The Morgan fingerprint density at radius 3 is 2.15 bits per heavy atom. The first-order valence-corrected chi connectivity index (χ1v) is 9.31. The third-order valence-electron chi connectivity index (χ3n) is 4.80. The summed E-state index contributed by atoms with van der Waals surface area (Å²) in [5.41, 5.74) is 9.00. The molecule has 0 saturated carbocycles. The minimum absolute atomic E-state index is 0.672. The van der Waals surface area contributed by atoms with Gasteiger partial charge >= 0.3 is 0 Å². The lowest BCUT2D eigenvalue weighted by Crippen LogP contribution is -1.99. The Labute approximate surface area is 158 Å². The largest absolute Gasteiger partial charge is 0.494 e. The predicted octanol–water partition coefficient (Wildman–Crippen LogP) is 6.94. The van der Waals surface area contributed by atoms with Crippen LogP contribution >= 0.6 is 0 Å². The van der Waals surface area contributed by atoms with Crippen LogP contribution in [0, 0.1) is 13.8 Å². The molecule has 0 fully saturated rings. The fraction of sp³-hybridized carbons (Fsp3) is 0.280. The van der Waals surface area contributed by atoms with Crippen molar-refractivity contribution in [3.63, 3.8) is 0 Å². The zero-order chi connectivity index (χ0) is 19.3. The summed E-state index contributed by atoms with van der Waals surface area (Å²) in [5, 5.41) is 0. The molecule has 0 N–H and O–H groups in total. The van der Waals surface area contributed by atoms with Crippen LogP contribution in [0.2, 0.25) is 0 Å². The number of benzene rings is 2. The molecule has 1 nitrogen and oxygen atoms in total. The molecule has 136 valence electrons. The lowest BCUT2D eigenvalue weighted by molar-refractivity contribution is 0.337. The van der Waals surface area contributed by atoms with Crippen molar-refractivity contribution in [2.24, 2.45) is 0 Å². The molecule has 2 aromatic rings. The van der Waals surface area contributed by atoms with Gasteiger partial charge in [0.15, 0.2) is 0 Å². The quantitative estimate of drug-likeness (QED) is 0.493. The van der Waals surface area contributed by atoms with E-state index < -0.39 is 0 Å². The molecule has 0 aliphatic carbocycles. The van der Waals surface area contributed by atoms with Crippen molar-refractivity contribution in [2.75, 3.05) is 6.61 Å². The standard InChI is InChI=1S/C25H30O/c1-8-21-11-13-22(14-12-21)19(6)23(9-2)20(7)24-15-18(5)25(26-10-3)16-17(24)4/h9,11-16H,6-8,10H2,1-5H3/b23-9-. The average Bonchev–Trinajstić information content (AvgIpc) is 2.65. The van der Waals surface area contributed by atoms with E-state index in [1.165, 1.54) is 5.56 Å². The van der Waals surface area contributed by atoms with E-state index in [9.17, 15) is 0 Å². The molecular formula is C25H30O. The van der Waals surface area contributed by atoms with Gasteiger partial charge in [-0.3, -0.25) is 0 Å². The summed E-state index contributed by atoms with van der Waals surface area (Å²) in [7, 11) is 0. The lowest BCUT2D eigenvalue weighted by Gasteiger charge is -2.18. The Hall–Kier alpha value is -2.54. The number of ether oxygens (including phenoxy) is 1. The Bertz CT molecular complexity index is 835. The predicted molar refractivity (Wildman–Crippen MR) is 115 cm³/mol. The molecule has 0 bridgehead atoms. The molecule has 26 heavy (non-hydrogen) atoms. The molecule has 0 aliphatic rings. The van der Waals surface area contributed by atoms with E-state index in [0.717, 1.165) is 51.1 Å². The fourth-order valence-corrected chi connectivity index (χ4v) is 3.20. The zero-order valence-electron chi connectivity index (χ0n) is 16.8. The van der Waals surface area contributed by atoms with Gasteiger partial charge in [0.05, 0.1) is 6.61 Å². The molecule has 0 spiro atoms. The summed E-state index contributed by atoms with van der Waals surface area (Å²) in [6.07, 6.45) is 3.14. The van der Waals surface area contributed by atoms with Gasteiger partial charge in [0.25, 0.3) is 0 Å². The van der Waals surface area contributed by atoms with Crippen LogP contribution in [0.15, 0.2) is 61.2 Å². The van der Waals surface area contributed by atoms with Crippen LogP contribution in [-0.2, 0) is 6.42 Å². The topological polar surface area (TPSA) is 9.23 Å². The van der Waals surface area contributed by atoms with Crippen molar-refractivity contribution in [3.8, 4) is 5.75 Å². The highest BCUT2D eigenvalue weighted by molar-refractivity contribution is 5.97. The summed E-state index contributed by atoms with van der Waals surface area (Å²) >= 11 is 0. The van der Waals surface area contributed by atoms with Gasteiger partial charge in [0.1, 0.15) is 5.75 Å². The molecule has 0 radical (unpaired) electrons. The van der Waals surface area contributed by atoms with Crippen LogP contribution in [0.3, 0.4) is 0 Å². The first-order chi connectivity index (χ1) is 12.4. The normalized spacial score (nSPS) is 11.3. The minimum atomic E-state index is 0.672. The molecule has 0 aromatic heterocycles. The van der Waals surface area contributed by atoms with Crippen LogP contribution < -0.4 is 4.74 Å².